The Morgan fingerprint density at radius 3 is 2.33 bits per heavy atom. The molecule has 0 atom stereocenters. The fourth-order valence-corrected chi connectivity index (χ4v) is 0.315. The van der Waals surface area contributed by atoms with Crippen LogP contribution in [-0.2, 0) is 4.84 Å². The molecule has 0 rings (SSSR count). The highest BCUT2D eigenvalue weighted by Gasteiger charge is 1.90. The van der Waals surface area contributed by atoms with Gasteiger partial charge in [0.15, 0.2) is 0 Å². The van der Waals surface area contributed by atoms with Gasteiger partial charge in [-0.05, 0) is 19.8 Å². The van der Waals surface area contributed by atoms with Gasteiger partial charge in [-0.25, -0.2) is 0 Å². The lowest BCUT2D eigenvalue weighted by Crippen LogP contribution is -1.98. The first-order valence-electron chi connectivity index (χ1n) is 3.26. The Morgan fingerprint density at radius 2 is 2.00 bits per heavy atom. The van der Waals surface area contributed by atoms with Crippen LogP contribution in [0.15, 0.2) is 5.16 Å². The Hall–Kier alpha value is -0.530. The molecule has 0 aromatic heterocycles. The summed E-state index contributed by atoms with van der Waals surface area (Å²) in [6, 6.07) is 0. The summed E-state index contributed by atoms with van der Waals surface area (Å²) in [6.07, 6.45) is 0. The maximum atomic E-state index is 4.94. The van der Waals surface area contributed by atoms with Gasteiger partial charge in [0.2, 0.25) is 0 Å². The highest BCUT2D eigenvalue weighted by molar-refractivity contribution is 5.78. The van der Waals surface area contributed by atoms with Gasteiger partial charge in [-0.1, -0.05) is 19.0 Å². The molecule has 0 saturated carbocycles. The molecule has 2 heteroatoms. The molecule has 0 aliphatic heterocycles. The van der Waals surface area contributed by atoms with Gasteiger partial charge in [0.05, 0.1) is 5.71 Å². The van der Waals surface area contributed by atoms with E-state index in [0.717, 1.165) is 5.71 Å². The normalized spacial score (nSPS) is 9.44. The molecule has 0 radical (unpaired) electrons. The Labute approximate surface area is 56.9 Å². The maximum Gasteiger partial charge on any atom is 0.119 e. The van der Waals surface area contributed by atoms with Crippen LogP contribution in [0.25, 0.3) is 0 Å². The highest BCUT2D eigenvalue weighted by Crippen LogP contribution is 1.92. The van der Waals surface area contributed by atoms with E-state index in [0.29, 0.717) is 12.5 Å². The molecule has 0 amide bonds. The molecule has 0 saturated heterocycles. The average molecular weight is 129 g/mol. The zero-order valence-corrected chi connectivity index (χ0v) is 6.64. The molecule has 0 aromatic carbocycles. The SMILES string of the molecule is CC(C)=NOCC(C)C. The van der Waals surface area contributed by atoms with Gasteiger partial charge in [0.1, 0.15) is 6.61 Å². The molecule has 9 heavy (non-hydrogen) atoms. The van der Waals surface area contributed by atoms with Gasteiger partial charge in [0.25, 0.3) is 0 Å². The number of rotatable bonds is 3. The first-order chi connectivity index (χ1) is 4.13. The van der Waals surface area contributed by atoms with E-state index < -0.39 is 0 Å². The molecule has 0 unspecified atom stereocenters. The number of hydrogen-bond donors (Lipinski definition) is 0. The van der Waals surface area contributed by atoms with Crippen molar-refractivity contribution >= 4 is 5.71 Å². The van der Waals surface area contributed by atoms with Crippen molar-refractivity contribution in [2.75, 3.05) is 6.61 Å². The Kier molecular flexibility index (Phi) is 4.10. The van der Waals surface area contributed by atoms with Crippen molar-refractivity contribution in [1.82, 2.24) is 0 Å². The van der Waals surface area contributed by atoms with Crippen molar-refractivity contribution < 1.29 is 4.84 Å². The molecule has 0 aromatic rings. The predicted molar refractivity (Wildman–Crippen MR) is 39.6 cm³/mol. The Balaban J connectivity index is 3.20. The molecule has 0 aliphatic carbocycles. The first-order valence-corrected chi connectivity index (χ1v) is 3.26. The van der Waals surface area contributed by atoms with Crippen LogP contribution < -0.4 is 0 Å². The van der Waals surface area contributed by atoms with E-state index >= 15 is 0 Å². The van der Waals surface area contributed by atoms with Crippen molar-refractivity contribution in [3.05, 3.63) is 0 Å². The third-order valence-corrected chi connectivity index (χ3v) is 0.655. The van der Waals surface area contributed by atoms with Crippen molar-refractivity contribution in [3.8, 4) is 0 Å². The van der Waals surface area contributed by atoms with Gasteiger partial charge in [0, 0.05) is 0 Å². The van der Waals surface area contributed by atoms with Crippen LogP contribution >= 0.6 is 0 Å². The minimum Gasteiger partial charge on any atom is -0.396 e. The summed E-state index contributed by atoms with van der Waals surface area (Å²) < 4.78 is 0. The zero-order chi connectivity index (χ0) is 7.28. The summed E-state index contributed by atoms with van der Waals surface area (Å²) in [5.74, 6) is 0.563. The van der Waals surface area contributed by atoms with Crippen molar-refractivity contribution in [3.63, 3.8) is 0 Å². The summed E-state index contributed by atoms with van der Waals surface area (Å²) in [6.45, 7) is 8.74. The molecule has 0 N–H and O–H groups in total. The molecule has 0 heterocycles. The second-order valence-corrected chi connectivity index (χ2v) is 2.73. The van der Waals surface area contributed by atoms with Crippen LogP contribution in [-0.4, -0.2) is 12.3 Å². The smallest absolute Gasteiger partial charge is 0.119 e. The van der Waals surface area contributed by atoms with Gasteiger partial charge < -0.3 is 4.84 Å². The molecule has 0 bridgehead atoms. The summed E-state index contributed by atoms with van der Waals surface area (Å²) in [7, 11) is 0. The summed E-state index contributed by atoms with van der Waals surface area (Å²) >= 11 is 0. The van der Waals surface area contributed by atoms with Crippen LogP contribution in [0.2, 0.25) is 0 Å². The van der Waals surface area contributed by atoms with E-state index in [1.165, 1.54) is 0 Å². The van der Waals surface area contributed by atoms with Crippen LogP contribution in [0.4, 0.5) is 0 Å². The van der Waals surface area contributed by atoms with E-state index in [2.05, 4.69) is 19.0 Å². The van der Waals surface area contributed by atoms with Crippen LogP contribution in [0, 0.1) is 5.92 Å². The first kappa shape index (κ1) is 8.47. The fraction of sp³-hybridized carbons (Fsp3) is 0.857. The Morgan fingerprint density at radius 1 is 1.44 bits per heavy atom. The second kappa shape index (κ2) is 4.36. The van der Waals surface area contributed by atoms with Crippen LogP contribution in [0.1, 0.15) is 27.7 Å². The zero-order valence-electron chi connectivity index (χ0n) is 6.64. The molecule has 0 fully saturated rings. The minimum atomic E-state index is 0.563. The molecule has 54 valence electrons. The minimum absolute atomic E-state index is 0.563. The van der Waals surface area contributed by atoms with Gasteiger partial charge in [-0.3, -0.25) is 0 Å². The molecular weight excluding hydrogens is 114 g/mol. The Bertz CT molecular complexity index is 93.1. The monoisotopic (exact) mass is 129 g/mol. The van der Waals surface area contributed by atoms with Crippen LogP contribution in [0.3, 0.4) is 0 Å². The lowest BCUT2D eigenvalue weighted by Gasteiger charge is -2.01. The largest absolute Gasteiger partial charge is 0.396 e. The average Bonchev–Trinajstić information content (AvgIpc) is 1.63. The predicted octanol–water partition coefficient (Wildman–Crippen LogP) is 2.05. The van der Waals surface area contributed by atoms with Crippen molar-refractivity contribution in [1.29, 1.82) is 0 Å². The molecule has 2 nitrogen and oxygen atoms in total. The lowest BCUT2D eigenvalue weighted by atomic mass is 10.2. The van der Waals surface area contributed by atoms with E-state index in [4.69, 9.17) is 4.84 Å². The second-order valence-electron chi connectivity index (χ2n) is 2.73. The quantitative estimate of drug-likeness (QED) is 0.422. The maximum absolute atomic E-state index is 4.94. The van der Waals surface area contributed by atoms with Crippen molar-refractivity contribution in [2.24, 2.45) is 11.1 Å². The van der Waals surface area contributed by atoms with Gasteiger partial charge >= 0.3 is 0 Å². The summed E-state index contributed by atoms with van der Waals surface area (Å²) in [4.78, 5) is 4.94. The van der Waals surface area contributed by atoms with E-state index in [-0.39, 0.29) is 0 Å². The number of hydrogen-bond acceptors (Lipinski definition) is 2. The third-order valence-electron chi connectivity index (χ3n) is 0.655. The third kappa shape index (κ3) is 7.47. The highest BCUT2D eigenvalue weighted by atomic mass is 16.6. The fourth-order valence-electron chi connectivity index (χ4n) is 0.315. The van der Waals surface area contributed by atoms with E-state index in [9.17, 15) is 0 Å². The number of nitrogens with zero attached hydrogens (tertiary/aromatic N) is 1. The molecular formula is C7H15NO. The molecule has 0 spiro atoms. The topological polar surface area (TPSA) is 21.6 Å². The summed E-state index contributed by atoms with van der Waals surface area (Å²) in [5, 5.41) is 3.78. The molecule has 0 aliphatic rings. The van der Waals surface area contributed by atoms with Crippen LogP contribution in [0.5, 0.6) is 0 Å². The van der Waals surface area contributed by atoms with E-state index in [1.807, 2.05) is 13.8 Å². The van der Waals surface area contributed by atoms with Gasteiger partial charge in [-0.2, -0.15) is 0 Å². The number of oxime groups is 1. The summed E-state index contributed by atoms with van der Waals surface area (Å²) in [5.41, 5.74) is 0.968. The van der Waals surface area contributed by atoms with Gasteiger partial charge in [-0.15, -0.1) is 0 Å². The lowest BCUT2D eigenvalue weighted by molar-refractivity contribution is 0.118. The van der Waals surface area contributed by atoms with Crippen molar-refractivity contribution in [2.45, 2.75) is 27.7 Å². The standard InChI is InChI=1S/C7H15NO/c1-6(2)5-9-8-7(3)4/h6H,5H2,1-4H3. The van der Waals surface area contributed by atoms with E-state index in [1.54, 1.807) is 0 Å².